The molecule has 5 nitrogen and oxygen atoms in total. The number of nitrogens with zero attached hydrogens (tertiary/aromatic N) is 2. The van der Waals surface area contributed by atoms with Crippen molar-refractivity contribution < 1.29 is 9.84 Å². The van der Waals surface area contributed by atoms with Crippen LogP contribution in [0.1, 0.15) is 13.8 Å². The molecule has 0 atom stereocenters. The molecule has 0 unspecified atom stereocenters. The van der Waals surface area contributed by atoms with Crippen molar-refractivity contribution in [3.63, 3.8) is 0 Å². The minimum atomic E-state index is -0.795. The van der Waals surface area contributed by atoms with Gasteiger partial charge < -0.3 is 15.6 Å². The maximum Gasteiger partial charge on any atom is 0.121 e. The number of anilines is 1. The third-order valence-corrected chi connectivity index (χ3v) is 2.68. The smallest absolute Gasteiger partial charge is 0.121 e. The Morgan fingerprint density at radius 1 is 1.32 bits per heavy atom. The summed E-state index contributed by atoms with van der Waals surface area (Å²) in [6, 6.07) is 5.54. The highest BCUT2D eigenvalue weighted by atomic mass is 16.5. The van der Waals surface area contributed by atoms with E-state index in [1.807, 2.05) is 18.3 Å². The van der Waals surface area contributed by atoms with E-state index in [1.54, 1.807) is 37.9 Å². The number of aromatic nitrogens is 2. The van der Waals surface area contributed by atoms with E-state index >= 15 is 0 Å². The second-order valence-corrected chi connectivity index (χ2v) is 5.23. The Kier molecular flexibility index (Phi) is 3.48. The number of methoxy groups -OCH3 is 1. The number of aliphatic hydroxyl groups is 1. The summed E-state index contributed by atoms with van der Waals surface area (Å²) in [5.41, 5.74) is 7.56. The molecule has 0 radical (unpaired) electrons. The minimum Gasteiger partial charge on any atom is -0.497 e. The number of hydrogen-bond acceptors (Lipinski definition) is 4. The summed E-state index contributed by atoms with van der Waals surface area (Å²) in [6.07, 6.45) is 3.63. The van der Waals surface area contributed by atoms with E-state index in [-0.39, 0.29) is 0 Å². The Morgan fingerprint density at radius 2 is 2.05 bits per heavy atom. The zero-order valence-electron chi connectivity index (χ0n) is 11.4. The summed E-state index contributed by atoms with van der Waals surface area (Å²) in [5, 5.41) is 14.0. The van der Waals surface area contributed by atoms with E-state index in [9.17, 15) is 5.11 Å². The fourth-order valence-electron chi connectivity index (χ4n) is 1.90. The molecule has 2 aromatic rings. The van der Waals surface area contributed by atoms with Crippen molar-refractivity contribution in [1.29, 1.82) is 0 Å². The lowest BCUT2D eigenvalue weighted by atomic mass is 10.1. The quantitative estimate of drug-likeness (QED) is 0.825. The lowest BCUT2D eigenvalue weighted by Crippen LogP contribution is -2.26. The maximum atomic E-state index is 9.78. The highest BCUT2D eigenvalue weighted by molar-refractivity contribution is 5.68. The molecule has 0 saturated heterocycles. The lowest BCUT2D eigenvalue weighted by Gasteiger charge is -2.16. The Morgan fingerprint density at radius 3 is 2.68 bits per heavy atom. The molecule has 0 saturated carbocycles. The van der Waals surface area contributed by atoms with Gasteiger partial charge in [0.1, 0.15) is 5.75 Å². The molecule has 102 valence electrons. The molecule has 0 spiro atoms. The van der Waals surface area contributed by atoms with Gasteiger partial charge in [-0.25, -0.2) is 0 Å². The first-order chi connectivity index (χ1) is 8.87. The van der Waals surface area contributed by atoms with Crippen molar-refractivity contribution in [2.45, 2.75) is 26.0 Å². The highest BCUT2D eigenvalue weighted by Gasteiger charge is 2.14. The van der Waals surface area contributed by atoms with Gasteiger partial charge in [0.25, 0.3) is 0 Å². The monoisotopic (exact) mass is 261 g/mol. The van der Waals surface area contributed by atoms with Crippen molar-refractivity contribution >= 4 is 5.69 Å². The molecule has 3 N–H and O–H groups in total. The van der Waals surface area contributed by atoms with Crippen LogP contribution in [0.4, 0.5) is 5.69 Å². The van der Waals surface area contributed by atoms with Gasteiger partial charge >= 0.3 is 0 Å². The van der Waals surface area contributed by atoms with Gasteiger partial charge in [-0.3, -0.25) is 4.68 Å². The highest BCUT2D eigenvalue weighted by Crippen LogP contribution is 2.27. The molecule has 1 heterocycles. The maximum absolute atomic E-state index is 9.78. The van der Waals surface area contributed by atoms with Crippen LogP contribution >= 0.6 is 0 Å². The van der Waals surface area contributed by atoms with Gasteiger partial charge in [-0.1, -0.05) is 0 Å². The predicted molar refractivity (Wildman–Crippen MR) is 74.9 cm³/mol. The first-order valence-electron chi connectivity index (χ1n) is 6.07. The van der Waals surface area contributed by atoms with Crippen molar-refractivity contribution in [2.75, 3.05) is 12.8 Å². The van der Waals surface area contributed by atoms with Crippen molar-refractivity contribution in [1.82, 2.24) is 9.78 Å². The molecule has 0 aliphatic heterocycles. The topological polar surface area (TPSA) is 73.3 Å². The SMILES string of the molecule is COc1cc(N)cc(-c2cnn(CC(C)(C)O)c2)c1. The molecule has 5 heteroatoms. The Labute approximate surface area is 112 Å². The second-order valence-electron chi connectivity index (χ2n) is 5.23. The number of benzene rings is 1. The molecule has 0 bridgehead atoms. The van der Waals surface area contributed by atoms with Crippen LogP contribution in [0, 0.1) is 0 Å². The van der Waals surface area contributed by atoms with Gasteiger partial charge in [-0.15, -0.1) is 0 Å². The van der Waals surface area contributed by atoms with Gasteiger partial charge in [0.05, 0.1) is 25.5 Å². The molecule has 0 fully saturated rings. The molecule has 0 aliphatic rings. The van der Waals surface area contributed by atoms with Gasteiger partial charge in [-0.05, 0) is 31.5 Å². The molecule has 0 aliphatic carbocycles. The average molecular weight is 261 g/mol. The number of hydrogen-bond donors (Lipinski definition) is 2. The molecule has 2 rings (SSSR count). The predicted octanol–water partition coefficient (Wildman–Crippen LogP) is 1.91. The van der Waals surface area contributed by atoms with E-state index < -0.39 is 5.60 Å². The van der Waals surface area contributed by atoms with Crippen LogP contribution in [0.3, 0.4) is 0 Å². The van der Waals surface area contributed by atoms with Crippen LogP contribution in [0.5, 0.6) is 5.75 Å². The summed E-state index contributed by atoms with van der Waals surface area (Å²) < 4.78 is 6.91. The van der Waals surface area contributed by atoms with Crippen molar-refractivity contribution in [3.05, 3.63) is 30.6 Å². The van der Waals surface area contributed by atoms with Gasteiger partial charge in [0, 0.05) is 23.5 Å². The summed E-state index contributed by atoms with van der Waals surface area (Å²) in [5.74, 6) is 0.713. The van der Waals surface area contributed by atoms with E-state index in [0.717, 1.165) is 11.1 Å². The number of rotatable bonds is 4. The van der Waals surface area contributed by atoms with E-state index in [4.69, 9.17) is 10.5 Å². The Balaban J connectivity index is 2.30. The van der Waals surface area contributed by atoms with Crippen LogP contribution in [0.15, 0.2) is 30.6 Å². The summed E-state index contributed by atoms with van der Waals surface area (Å²) >= 11 is 0. The Hall–Kier alpha value is -2.01. The van der Waals surface area contributed by atoms with Crippen LogP contribution in [-0.4, -0.2) is 27.6 Å². The summed E-state index contributed by atoms with van der Waals surface area (Å²) in [7, 11) is 1.61. The second kappa shape index (κ2) is 4.93. The first-order valence-corrected chi connectivity index (χ1v) is 6.07. The third-order valence-electron chi connectivity index (χ3n) is 2.68. The molecule has 19 heavy (non-hydrogen) atoms. The fourth-order valence-corrected chi connectivity index (χ4v) is 1.90. The van der Waals surface area contributed by atoms with Gasteiger partial charge in [-0.2, -0.15) is 5.10 Å². The molecule has 0 amide bonds. The van der Waals surface area contributed by atoms with Crippen molar-refractivity contribution in [2.24, 2.45) is 0 Å². The van der Waals surface area contributed by atoms with Crippen LogP contribution in [0.2, 0.25) is 0 Å². The minimum absolute atomic E-state index is 0.437. The normalized spacial score (nSPS) is 11.6. The zero-order chi connectivity index (χ0) is 14.0. The zero-order valence-corrected chi connectivity index (χ0v) is 11.4. The van der Waals surface area contributed by atoms with E-state index in [0.29, 0.717) is 18.0 Å². The van der Waals surface area contributed by atoms with Gasteiger partial charge in [0.2, 0.25) is 0 Å². The fraction of sp³-hybridized carbons (Fsp3) is 0.357. The van der Waals surface area contributed by atoms with Crippen molar-refractivity contribution in [3.8, 4) is 16.9 Å². The number of nitrogens with two attached hydrogens (primary N) is 1. The largest absolute Gasteiger partial charge is 0.497 e. The van der Waals surface area contributed by atoms with Gasteiger partial charge in [0.15, 0.2) is 0 Å². The number of nitrogen functional groups attached to an aromatic ring is 1. The first kappa shape index (κ1) is 13.4. The average Bonchev–Trinajstić information content (AvgIpc) is 2.74. The molecule has 1 aromatic carbocycles. The molecular formula is C14H19N3O2. The molecule has 1 aromatic heterocycles. The third kappa shape index (κ3) is 3.48. The summed E-state index contributed by atoms with van der Waals surface area (Å²) in [6.45, 7) is 3.93. The van der Waals surface area contributed by atoms with Crippen LogP contribution in [-0.2, 0) is 6.54 Å². The lowest BCUT2D eigenvalue weighted by molar-refractivity contribution is 0.0577. The summed E-state index contributed by atoms with van der Waals surface area (Å²) in [4.78, 5) is 0. The van der Waals surface area contributed by atoms with E-state index in [2.05, 4.69) is 5.10 Å². The standard InChI is InChI=1S/C14H19N3O2/c1-14(2,18)9-17-8-11(7-16-17)10-4-12(15)6-13(5-10)19-3/h4-8,18H,9,15H2,1-3H3. The Bertz CT molecular complexity index is 570. The molecular weight excluding hydrogens is 242 g/mol. The van der Waals surface area contributed by atoms with Crippen LogP contribution in [0.25, 0.3) is 11.1 Å². The van der Waals surface area contributed by atoms with E-state index in [1.165, 1.54) is 0 Å². The number of ether oxygens (including phenoxy) is 1. The van der Waals surface area contributed by atoms with Crippen LogP contribution < -0.4 is 10.5 Å².